The summed E-state index contributed by atoms with van der Waals surface area (Å²) < 4.78 is 5.40. The molecule has 1 atom stereocenters. The number of hydrogen-bond acceptors (Lipinski definition) is 4. The first kappa shape index (κ1) is 16.4. The van der Waals surface area contributed by atoms with E-state index in [4.69, 9.17) is 4.74 Å². The first-order valence-electron chi connectivity index (χ1n) is 8.24. The lowest BCUT2D eigenvalue weighted by Gasteiger charge is -2.35. The van der Waals surface area contributed by atoms with Gasteiger partial charge in [-0.15, -0.1) is 22.7 Å². The molecule has 5 heteroatoms. The van der Waals surface area contributed by atoms with Crippen LogP contribution >= 0.6 is 22.7 Å². The van der Waals surface area contributed by atoms with Crippen LogP contribution in [0.1, 0.15) is 37.3 Å². The van der Waals surface area contributed by atoms with Gasteiger partial charge in [0.25, 0.3) is 5.91 Å². The number of carbonyl (C=O) groups excluding carboxylic acids is 1. The third-order valence-electron chi connectivity index (χ3n) is 4.69. The molecule has 0 N–H and O–H groups in total. The van der Waals surface area contributed by atoms with Gasteiger partial charge in [0.15, 0.2) is 0 Å². The van der Waals surface area contributed by atoms with Crippen molar-refractivity contribution < 1.29 is 9.53 Å². The van der Waals surface area contributed by atoms with Crippen molar-refractivity contribution in [1.82, 2.24) is 4.90 Å². The standard InChI is InChI=1S/C20H19NO2S2/c1-13-5-6-14(12-16(13)23-2)20(22)21-9-7-17-15(8-11-25-17)19(21)18-4-3-10-24-18/h3-6,8,10-12,19H,7,9H2,1-2H3. The molecule has 0 saturated heterocycles. The van der Waals surface area contributed by atoms with E-state index in [0.717, 1.165) is 24.3 Å². The minimum atomic E-state index is 0.00907. The summed E-state index contributed by atoms with van der Waals surface area (Å²) in [6, 6.07) is 12.1. The number of rotatable bonds is 3. The average molecular weight is 370 g/mol. The van der Waals surface area contributed by atoms with Crippen LogP contribution in [0.2, 0.25) is 0 Å². The van der Waals surface area contributed by atoms with Crippen LogP contribution in [0.15, 0.2) is 47.2 Å². The molecule has 0 fully saturated rings. The average Bonchev–Trinajstić information content (AvgIpc) is 3.32. The van der Waals surface area contributed by atoms with Crippen molar-refractivity contribution in [1.29, 1.82) is 0 Å². The molecule has 2 aromatic heterocycles. The second-order valence-corrected chi connectivity index (χ2v) is 8.13. The van der Waals surface area contributed by atoms with Crippen molar-refractivity contribution in [3.8, 4) is 5.75 Å². The van der Waals surface area contributed by atoms with Gasteiger partial charge in [-0.05, 0) is 59.5 Å². The first-order chi connectivity index (χ1) is 12.2. The Balaban J connectivity index is 1.74. The molecular formula is C20H19NO2S2. The maximum Gasteiger partial charge on any atom is 0.254 e. The second-order valence-electron chi connectivity index (χ2n) is 6.15. The Kier molecular flexibility index (Phi) is 4.36. The van der Waals surface area contributed by atoms with Gasteiger partial charge in [0, 0.05) is 21.9 Å². The number of carbonyl (C=O) groups is 1. The molecule has 1 unspecified atom stereocenters. The normalized spacial score (nSPS) is 16.6. The molecule has 1 amide bonds. The zero-order valence-corrected chi connectivity index (χ0v) is 15.8. The van der Waals surface area contributed by atoms with Crippen LogP contribution < -0.4 is 4.74 Å². The van der Waals surface area contributed by atoms with Gasteiger partial charge in [-0.3, -0.25) is 4.79 Å². The molecule has 0 radical (unpaired) electrons. The summed E-state index contributed by atoms with van der Waals surface area (Å²) in [6.45, 7) is 2.73. The largest absolute Gasteiger partial charge is 0.496 e. The van der Waals surface area contributed by atoms with E-state index in [2.05, 4.69) is 29.0 Å². The molecule has 1 aromatic carbocycles. The fourth-order valence-corrected chi connectivity index (χ4v) is 5.17. The van der Waals surface area contributed by atoms with E-state index < -0.39 is 0 Å². The molecule has 3 nitrogen and oxygen atoms in total. The number of benzene rings is 1. The Morgan fingerprint density at radius 1 is 1.20 bits per heavy atom. The molecule has 3 aromatic rings. The van der Waals surface area contributed by atoms with Crippen molar-refractivity contribution in [2.45, 2.75) is 19.4 Å². The number of hydrogen-bond donors (Lipinski definition) is 0. The highest BCUT2D eigenvalue weighted by molar-refractivity contribution is 7.10. The Morgan fingerprint density at radius 3 is 2.84 bits per heavy atom. The van der Waals surface area contributed by atoms with Gasteiger partial charge in [0.2, 0.25) is 0 Å². The van der Waals surface area contributed by atoms with Crippen LogP contribution in [0.25, 0.3) is 0 Å². The monoisotopic (exact) mass is 369 g/mol. The molecule has 0 bridgehead atoms. The van der Waals surface area contributed by atoms with Crippen LogP contribution in [-0.4, -0.2) is 24.5 Å². The highest BCUT2D eigenvalue weighted by atomic mass is 32.1. The third-order valence-corrected chi connectivity index (χ3v) is 6.62. The number of ether oxygens (including phenoxy) is 1. The smallest absolute Gasteiger partial charge is 0.254 e. The Bertz CT molecular complexity index is 898. The molecule has 0 saturated carbocycles. The lowest BCUT2D eigenvalue weighted by atomic mass is 9.97. The van der Waals surface area contributed by atoms with Crippen molar-refractivity contribution >= 4 is 28.6 Å². The number of fused-ring (bicyclic) bond motifs is 1. The summed E-state index contributed by atoms with van der Waals surface area (Å²) in [7, 11) is 1.64. The van der Waals surface area contributed by atoms with Gasteiger partial charge in [-0.2, -0.15) is 0 Å². The summed E-state index contributed by atoms with van der Waals surface area (Å²) in [5, 5.41) is 4.21. The quantitative estimate of drug-likeness (QED) is 0.656. The zero-order valence-electron chi connectivity index (χ0n) is 14.2. The van der Waals surface area contributed by atoms with Crippen molar-refractivity contribution in [3.05, 3.63) is 73.6 Å². The minimum Gasteiger partial charge on any atom is -0.496 e. The van der Waals surface area contributed by atoms with Gasteiger partial charge in [-0.1, -0.05) is 12.1 Å². The summed E-state index contributed by atoms with van der Waals surface area (Å²) in [4.78, 5) is 17.9. The van der Waals surface area contributed by atoms with Crippen LogP contribution in [0.3, 0.4) is 0 Å². The summed E-state index contributed by atoms with van der Waals surface area (Å²) in [5.41, 5.74) is 2.99. The summed E-state index contributed by atoms with van der Waals surface area (Å²) in [6.07, 6.45) is 0.920. The predicted molar refractivity (Wildman–Crippen MR) is 103 cm³/mol. The van der Waals surface area contributed by atoms with Crippen LogP contribution in [0, 0.1) is 6.92 Å². The lowest BCUT2D eigenvalue weighted by molar-refractivity contribution is 0.0698. The molecule has 4 rings (SSSR count). The SMILES string of the molecule is COc1cc(C(=O)N2CCc3sccc3C2c2cccs2)ccc1C. The zero-order chi connectivity index (χ0) is 17.4. The van der Waals surface area contributed by atoms with E-state index in [1.165, 1.54) is 15.3 Å². The van der Waals surface area contributed by atoms with Gasteiger partial charge >= 0.3 is 0 Å². The van der Waals surface area contributed by atoms with Gasteiger partial charge in [-0.25, -0.2) is 0 Å². The van der Waals surface area contributed by atoms with E-state index in [1.54, 1.807) is 29.8 Å². The van der Waals surface area contributed by atoms with E-state index in [0.29, 0.717) is 5.56 Å². The maximum absolute atomic E-state index is 13.3. The number of aryl methyl sites for hydroxylation is 1. The Morgan fingerprint density at radius 2 is 2.08 bits per heavy atom. The first-order valence-corrected chi connectivity index (χ1v) is 10.00. The van der Waals surface area contributed by atoms with Gasteiger partial charge in [0.05, 0.1) is 13.2 Å². The van der Waals surface area contributed by atoms with E-state index in [-0.39, 0.29) is 11.9 Å². The molecule has 1 aliphatic heterocycles. The maximum atomic E-state index is 13.3. The summed E-state index contributed by atoms with van der Waals surface area (Å²) in [5.74, 6) is 0.820. The topological polar surface area (TPSA) is 29.5 Å². The minimum absolute atomic E-state index is 0.00907. The van der Waals surface area contributed by atoms with Crippen molar-refractivity contribution in [2.24, 2.45) is 0 Å². The van der Waals surface area contributed by atoms with Crippen LogP contribution in [-0.2, 0) is 6.42 Å². The molecular weight excluding hydrogens is 350 g/mol. The van der Waals surface area contributed by atoms with Crippen LogP contribution in [0.4, 0.5) is 0 Å². The Hall–Kier alpha value is -2.11. The number of amides is 1. The summed E-state index contributed by atoms with van der Waals surface area (Å²) >= 11 is 3.50. The lowest BCUT2D eigenvalue weighted by Crippen LogP contribution is -2.39. The highest BCUT2D eigenvalue weighted by Crippen LogP contribution is 2.40. The molecule has 25 heavy (non-hydrogen) atoms. The molecule has 1 aliphatic rings. The molecule has 0 spiro atoms. The van der Waals surface area contributed by atoms with E-state index >= 15 is 0 Å². The highest BCUT2D eigenvalue weighted by Gasteiger charge is 2.34. The third kappa shape index (κ3) is 2.87. The fourth-order valence-electron chi connectivity index (χ4n) is 3.41. The molecule has 128 valence electrons. The fraction of sp³-hybridized carbons (Fsp3) is 0.250. The molecule has 3 heterocycles. The van der Waals surface area contributed by atoms with Crippen molar-refractivity contribution in [2.75, 3.05) is 13.7 Å². The van der Waals surface area contributed by atoms with Gasteiger partial charge in [0.1, 0.15) is 5.75 Å². The second kappa shape index (κ2) is 6.65. The van der Waals surface area contributed by atoms with E-state index in [1.807, 2.05) is 30.0 Å². The van der Waals surface area contributed by atoms with Crippen LogP contribution in [0.5, 0.6) is 5.75 Å². The number of methoxy groups -OCH3 is 1. The van der Waals surface area contributed by atoms with Crippen molar-refractivity contribution in [3.63, 3.8) is 0 Å². The Labute approximate surface area is 155 Å². The van der Waals surface area contributed by atoms with Gasteiger partial charge < -0.3 is 9.64 Å². The molecule has 0 aliphatic carbocycles. The number of thiophene rings is 2. The number of nitrogens with zero attached hydrogens (tertiary/aromatic N) is 1. The van der Waals surface area contributed by atoms with E-state index in [9.17, 15) is 4.79 Å². The predicted octanol–water partition coefficient (Wildman–Crippen LogP) is 4.91.